The van der Waals surface area contributed by atoms with Crippen molar-refractivity contribution in [3.63, 3.8) is 0 Å². The highest BCUT2D eigenvalue weighted by Crippen LogP contribution is 2.39. The number of hydrogen-bond donors (Lipinski definition) is 3. The SMILES string of the molecule is O=C(Nc1csc(-c2ccc3c(c2)OCC(=O)N3CC2CCC2)n1)NC1CCCNC1. The van der Waals surface area contributed by atoms with Gasteiger partial charge in [0, 0.05) is 30.1 Å². The molecule has 31 heavy (non-hydrogen) atoms. The molecule has 0 spiro atoms. The molecule has 0 bridgehead atoms. The number of carbonyl (C=O) groups is 2. The first-order valence-corrected chi connectivity index (χ1v) is 11.8. The van der Waals surface area contributed by atoms with Crippen molar-refractivity contribution >= 4 is 34.8 Å². The van der Waals surface area contributed by atoms with E-state index in [1.165, 1.54) is 30.6 Å². The Kier molecular flexibility index (Phi) is 5.78. The molecule has 5 rings (SSSR count). The van der Waals surface area contributed by atoms with Crippen LogP contribution < -0.4 is 25.6 Å². The number of rotatable bonds is 5. The van der Waals surface area contributed by atoms with Gasteiger partial charge in [0.05, 0.1) is 5.69 Å². The van der Waals surface area contributed by atoms with E-state index in [-0.39, 0.29) is 24.6 Å². The van der Waals surface area contributed by atoms with E-state index in [0.717, 1.165) is 48.7 Å². The predicted molar refractivity (Wildman–Crippen MR) is 121 cm³/mol. The molecule has 1 aliphatic carbocycles. The lowest BCUT2D eigenvalue weighted by Crippen LogP contribution is -2.47. The molecule has 164 valence electrons. The standard InChI is InChI=1S/C22H27N5O3S/c28-20-12-30-18-9-15(6-7-17(18)27(20)11-14-3-1-4-14)21-25-19(13-31-21)26-22(29)24-16-5-2-8-23-10-16/h6-7,9,13-14,16,23H,1-5,8,10-12H2,(H2,24,26,29). The van der Waals surface area contributed by atoms with Gasteiger partial charge in [0.25, 0.3) is 5.91 Å². The first kappa shape index (κ1) is 20.3. The summed E-state index contributed by atoms with van der Waals surface area (Å²) in [7, 11) is 0. The molecule has 2 fully saturated rings. The zero-order valence-corrected chi connectivity index (χ0v) is 18.2. The van der Waals surface area contributed by atoms with Gasteiger partial charge in [-0.05, 0) is 56.3 Å². The Morgan fingerprint density at radius 3 is 2.97 bits per heavy atom. The smallest absolute Gasteiger partial charge is 0.320 e. The molecule has 2 aromatic rings. The second-order valence-electron chi connectivity index (χ2n) is 8.45. The van der Waals surface area contributed by atoms with Crippen LogP contribution in [0.5, 0.6) is 5.75 Å². The quantitative estimate of drug-likeness (QED) is 0.662. The van der Waals surface area contributed by atoms with Gasteiger partial charge in [-0.1, -0.05) is 6.42 Å². The molecule has 1 saturated carbocycles. The maximum absolute atomic E-state index is 12.4. The van der Waals surface area contributed by atoms with E-state index in [2.05, 4.69) is 20.9 Å². The zero-order chi connectivity index (χ0) is 21.2. The van der Waals surface area contributed by atoms with Crippen LogP contribution in [0, 0.1) is 5.92 Å². The molecule has 3 aliphatic rings. The van der Waals surface area contributed by atoms with Crippen LogP contribution in [0.15, 0.2) is 23.6 Å². The van der Waals surface area contributed by atoms with E-state index in [1.54, 1.807) is 0 Å². The minimum atomic E-state index is -0.232. The predicted octanol–water partition coefficient (Wildman–Crippen LogP) is 3.21. The van der Waals surface area contributed by atoms with Crippen LogP contribution in [0.3, 0.4) is 0 Å². The summed E-state index contributed by atoms with van der Waals surface area (Å²) in [5.74, 6) is 1.86. The number of thiazole rings is 1. The fraction of sp³-hybridized carbons (Fsp3) is 0.500. The number of nitrogens with zero attached hydrogens (tertiary/aromatic N) is 2. The summed E-state index contributed by atoms with van der Waals surface area (Å²) in [6.07, 6.45) is 5.69. The van der Waals surface area contributed by atoms with Crippen LogP contribution in [0.2, 0.25) is 0 Å². The van der Waals surface area contributed by atoms with Gasteiger partial charge >= 0.3 is 6.03 Å². The van der Waals surface area contributed by atoms with Crippen molar-refractivity contribution in [3.8, 4) is 16.3 Å². The van der Waals surface area contributed by atoms with Gasteiger partial charge in [-0.2, -0.15) is 0 Å². The monoisotopic (exact) mass is 441 g/mol. The van der Waals surface area contributed by atoms with Gasteiger partial charge in [0.15, 0.2) is 6.61 Å². The molecular weight excluding hydrogens is 414 g/mol. The highest BCUT2D eigenvalue weighted by Gasteiger charge is 2.30. The second-order valence-corrected chi connectivity index (χ2v) is 9.31. The summed E-state index contributed by atoms with van der Waals surface area (Å²) in [5, 5.41) is 11.7. The number of carbonyl (C=O) groups excluding carboxylic acids is 2. The lowest BCUT2D eigenvalue weighted by molar-refractivity contribution is -0.121. The lowest BCUT2D eigenvalue weighted by atomic mass is 9.85. The second kappa shape index (κ2) is 8.84. The summed E-state index contributed by atoms with van der Waals surface area (Å²) in [4.78, 5) is 31.1. The molecular formula is C22H27N5O3S. The summed E-state index contributed by atoms with van der Waals surface area (Å²) in [6.45, 7) is 2.65. The van der Waals surface area contributed by atoms with Crippen molar-refractivity contribution in [2.45, 2.75) is 38.1 Å². The Morgan fingerprint density at radius 1 is 1.29 bits per heavy atom. The summed E-state index contributed by atoms with van der Waals surface area (Å²) in [5.41, 5.74) is 1.74. The Hall–Kier alpha value is -2.65. The van der Waals surface area contributed by atoms with Crippen LogP contribution in [-0.2, 0) is 4.79 Å². The van der Waals surface area contributed by atoms with Gasteiger partial charge in [-0.3, -0.25) is 10.1 Å². The number of nitrogens with one attached hydrogen (secondary N) is 3. The van der Waals surface area contributed by atoms with Crippen LogP contribution in [0.25, 0.3) is 10.6 Å². The number of piperidine rings is 1. The highest BCUT2D eigenvalue weighted by molar-refractivity contribution is 7.13. The number of hydrogen-bond acceptors (Lipinski definition) is 6. The fourth-order valence-corrected chi connectivity index (χ4v) is 5.00. The Balaban J connectivity index is 1.26. The molecule has 1 saturated heterocycles. The average Bonchev–Trinajstić information content (AvgIpc) is 3.20. The largest absolute Gasteiger partial charge is 0.482 e. The van der Waals surface area contributed by atoms with E-state index in [4.69, 9.17) is 4.74 Å². The molecule has 0 radical (unpaired) electrons. The zero-order valence-electron chi connectivity index (χ0n) is 17.4. The maximum Gasteiger partial charge on any atom is 0.320 e. The van der Waals surface area contributed by atoms with Crippen LogP contribution in [0.4, 0.5) is 16.3 Å². The van der Waals surface area contributed by atoms with E-state index < -0.39 is 0 Å². The normalized spacial score (nSPS) is 21.1. The molecule has 9 heteroatoms. The van der Waals surface area contributed by atoms with Gasteiger partial charge in [0.1, 0.15) is 16.6 Å². The van der Waals surface area contributed by atoms with E-state index in [0.29, 0.717) is 17.5 Å². The Labute approximate surface area is 185 Å². The number of ether oxygens (including phenoxy) is 1. The minimum Gasteiger partial charge on any atom is -0.482 e. The maximum atomic E-state index is 12.4. The number of fused-ring (bicyclic) bond motifs is 1. The number of benzene rings is 1. The van der Waals surface area contributed by atoms with E-state index in [9.17, 15) is 9.59 Å². The van der Waals surface area contributed by atoms with Crippen LogP contribution in [-0.4, -0.2) is 49.2 Å². The van der Waals surface area contributed by atoms with Gasteiger partial charge in [-0.25, -0.2) is 9.78 Å². The molecule has 3 N–H and O–H groups in total. The van der Waals surface area contributed by atoms with Gasteiger partial charge in [0.2, 0.25) is 0 Å². The van der Waals surface area contributed by atoms with Gasteiger partial charge in [-0.15, -0.1) is 11.3 Å². The minimum absolute atomic E-state index is 0.0204. The van der Waals surface area contributed by atoms with Gasteiger partial charge < -0.3 is 20.3 Å². The molecule has 3 heterocycles. The number of urea groups is 1. The topological polar surface area (TPSA) is 95.6 Å². The fourth-order valence-electron chi connectivity index (χ4n) is 4.25. The molecule has 1 aromatic heterocycles. The van der Waals surface area contributed by atoms with Crippen molar-refractivity contribution < 1.29 is 14.3 Å². The van der Waals surface area contributed by atoms with Crippen molar-refractivity contribution in [2.75, 3.05) is 36.5 Å². The Morgan fingerprint density at radius 2 is 2.19 bits per heavy atom. The molecule has 3 amide bonds. The van der Waals surface area contributed by atoms with Crippen LogP contribution in [0.1, 0.15) is 32.1 Å². The third-order valence-corrected chi connectivity index (χ3v) is 7.08. The Bertz CT molecular complexity index is 968. The molecule has 8 nitrogen and oxygen atoms in total. The summed E-state index contributed by atoms with van der Waals surface area (Å²) >= 11 is 1.46. The van der Waals surface area contributed by atoms with Crippen molar-refractivity contribution in [1.29, 1.82) is 0 Å². The molecule has 1 atom stereocenters. The van der Waals surface area contributed by atoms with Crippen LogP contribution >= 0.6 is 11.3 Å². The molecule has 1 unspecified atom stereocenters. The number of amides is 3. The van der Waals surface area contributed by atoms with E-state index in [1.807, 2.05) is 28.5 Å². The number of aromatic nitrogens is 1. The van der Waals surface area contributed by atoms with Crippen molar-refractivity contribution in [3.05, 3.63) is 23.6 Å². The first-order valence-electron chi connectivity index (χ1n) is 11.0. The third kappa shape index (κ3) is 4.52. The number of anilines is 2. The summed E-state index contributed by atoms with van der Waals surface area (Å²) in [6, 6.07) is 5.76. The first-order chi connectivity index (χ1) is 15.2. The highest BCUT2D eigenvalue weighted by atomic mass is 32.1. The third-order valence-electron chi connectivity index (χ3n) is 6.19. The summed E-state index contributed by atoms with van der Waals surface area (Å²) < 4.78 is 5.72. The molecule has 1 aromatic carbocycles. The van der Waals surface area contributed by atoms with Crippen molar-refractivity contribution in [1.82, 2.24) is 15.6 Å². The van der Waals surface area contributed by atoms with Crippen molar-refractivity contribution in [2.24, 2.45) is 5.92 Å². The average molecular weight is 442 g/mol. The lowest BCUT2D eigenvalue weighted by Gasteiger charge is -2.35. The molecule has 2 aliphatic heterocycles. The van der Waals surface area contributed by atoms with E-state index >= 15 is 0 Å².